The Labute approximate surface area is 99.6 Å². The van der Waals surface area contributed by atoms with Gasteiger partial charge in [0.1, 0.15) is 0 Å². The molecule has 0 unspecified atom stereocenters. The molecule has 2 aromatic rings. The topological polar surface area (TPSA) is 67.2 Å². The smallest absolute Gasteiger partial charge is 0.198 e. The van der Waals surface area contributed by atoms with Crippen molar-refractivity contribution >= 4 is 17.0 Å². The Morgan fingerprint density at radius 2 is 2.18 bits per heavy atom. The summed E-state index contributed by atoms with van der Waals surface area (Å²) in [6.07, 6.45) is 0. The highest BCUT2D eigenvalue weighted by Gasteiger charge is 2.13. The fraction of sp³-hybridized carbons (Fsp3) is 0.417. The Morgan fingerprint density at radius 1 is 1.35 bits per heavy atom. The maximum absolute atomic E-state index is 5.69. The zero-order valence-electron chi connectivity index (χ0n) is 9.65. The Hall–Kier alpha value is -1.59. The molecule has 0 radical (unpaired) electrons. The van der Waals surface area contributed by atoms with Crippen molar-refractivity contribution in [3.8, 4) is 0 Å². The lowest BCUT2D eigenvalue weighted by Gasteiger charge is -2.26. The van der Waals surface area contributed by atoms with Crippen molar-refractivity contribution in [2.45, 2.75) is 6.54 Å². The Balaban J connectivity index is 1.88. The van der Waals surface area contributed by atoms with Gasteiger partial charge in [-0.25, -0.2) is 4.98 Å². The van der Waals surface area contributed by atoms with Crippen molar-refractivity contribution in [2.24, 2.45) is 0 Å². The number of para-hydroxylation sites is 1. The second kappa shape index (κ2) is 4.35. The van der Waals surface area contributed by atoms with Gasteiger partial charge in [-0.05, 0) is 11.6 Å². The maximum Gasteiger partial charge on any atom is 0.198 e. The lowest BCUT2D eigenvalue weighted by molar-refractivity contribution is 0.0343. The lowest BCUT2D eigenvalue weighted by Crippen LogP contribution is -2.35. The first-order chi connectivity index (χ1) is 8.33. The number of nitrogens with two attached hydrogens (primary N) is 1. The van der Waals surface area contributed by atoms with E-state index in [1.807, 2.05) is 12.1 Å². The summed E-state index contributed by atoms with van der Waals surface area (Å²) >= 11 is 0. The average molecular weight is 232 g/mol. The van der Waals surface area contributed by atoms with E-state index in [1.54, 1.807) is 0 Å². The minimum atomic E-state index is 0.481. The van der Waals surface area contributed by atoms with Crippen LogP contribution in [0.4, 0.5) is 5.95 Å². The average Bonchev–Trinajstić information content (AvgIpc) is 2.72. The number of hydrogen-bond acceptors (Lipinski definition) is 4. The highest BCUT2D eigenvalue weighted by atomic mass is 16.5. The van der Waals surface area contributed by atoms with Crippen LogP contribution in [0.1, 0.15) is 5.56 Å². The van der Waals surface area contributed by atoms with Crippen molar-refractivity contribution in [1.82, 2.24) is 14.9 Å². The van der Waals surface area contributed by atoms with E-state index in [0.717, 1.165) is 43.9 Å². The zero-order valence-corrected chi connectivity index (χ0v) is 9.65. The van der Waals surface area contributed by atoms with Crippen LogP contribution >= 0.6 is 0 Å². The molecule has 1 fully saturated rings. The first-order valence-electron chi connectivity index (χ1n) is 5.86. The summed E-state index contributed by atoms with van der Waals surface area (Å²) in [7, 11) is 0. The van der Waals surface area contributed by atoms with Gasteiger partial charge in [-0.2, -0.15) is 0 Å². The molecule has 1 aliphatic heterocycles. The van der Waals surface area contributed by atoms with Crippen LogP contribution in [0.5, 0.6) is 0 Å². The summed E-state index contributed by atoms with van der Waals surface area (Å²) in [4.78, 5) is 9.78. The van der Waals surface area contributed by atoms with Gasteiger partial charge in [0.2, 0.25) is 0 Å². The fourth-order valence-electron chi connectivity index (χ4n) is 2.24. The molecule has 5 nitrogen and oxygen atoms in total. The molecule has 0 spiro atoms. The molecule has 1 aliphatic rings. The number of H-pyrrole nitrogens is 1. The van der Waals surface area contributed by atoms with Gasteiger partial charge in [0.05, 0.1) is 24.2 Å². The SMILES string of the molecule is Nc1nc2c(CN3CCOCC3)cccc2[nH]1. The highest BCUT2D eigenvalue weighted by molar-refractivity contribution is 5.80. The third kappa shape index (κ3) is 2.11. The number of imidazole rings is 1. The van der Waals surface area contributed by atoms with Crippen LogP contribution in [0.2, 0.25) is 0 Å². The van der Waals surface area contributed by atoms with Gasteiger partial charge in [-0.3, -0.25) is 4.90 Å². The van der Waals surface area contributed by atoms with Crippen molar-refractivity contribution in [1.29, 1.82) is 0 Å². The summed E-state index contributed by atoms with van der Waals surface area (Å²) in [6.45, 7) is 4.51. The van der Waals surface area contributed by atoms with Gasteiger partial charge < -0.3 is 15.5 Å². The molecule has 3 rings (SSSR count). The van der Waals surface area contributed by atoms with Gasteiger partial charge in [-0.15, -0.1) is 0 Å². The normalized spacial score (nSPS) is 17.6. The van der Waals surface area contributed by atoms with Crippen LogP contribution in [0, 0.1) is 0 Å². The predicted molar refractivity (Wildman–Crippen MR) is 66.6 cm³/mol. The largest absolute Gasteiger partial charge is 0.379 e. The van der Waals surface area contributed by atoms with E-state index in [-0.39, 0.29) is 0 Å². The summed E-state index contributed by atoms with van der Waals surface area (Å²) in [6, 6.07) is 6.15. The number of rotatable bonds is 2. The third-order valence-corrected chi connectivity index (χ3v) is 3.11. The Morgan fingerprint density at radius 3 is 3.00 bits per heavy atom. The second-order valence-corrected chi connectivity index (χ2v) is 4.32. The summed E-state index contributed by atoms with van der Waals surface area (Å²) in [5, 5.41) is 0. The maximum atomic E-state index is 5.69. The standard InChI is InChI=1S/C12H16N4O/c13-12-14-10-3-1-2-9(11(10)15-12)8-16-4-6-17-7-5-16/h1-3H,4-8H2,(H3,13,14,15). The molecular weight excluding hydrogens is 216 g/mol. The summed E-state index contributed by atoms with van der Waals surface area (Å²) in [5.41, 5.74) is 8.90. The summed E-state index contributed by atoms with van der Waals surface area (Å²) < 4.78 is 5.35. The molecular formula is C12H16N4O. The number of anilines is 1. The van der Waals surface area contributed by atoms with Crippen LogP contribution in [0.15, 0.2) is 18.2 Å². The molecule has 0 amide bonds. The monoisotopic (exact) mass is 232 g/mol. The van der Waals surface area contributed by atoms with Crippen molar-refractivity contribution in [2.75, 3.05) is 32.0 Å². The van der Waals surface area contributed by atoms with Crippen molar-refractivity contribution in [3.63, 3.8) is 0 Å². The van der Waals surface area contributed by atoms with Gasteiger partial charge in [0.25, 0.3) is 0 Å². The third-order valence-electron chi connectivity index (χ3n) is 3.11. The number of aromatic nitrogens is 2. The molecule has 3 N–H and O–H groups in total. The van der Waals surface area contributed by atoms with Crippen LogP contribution in [-0.4, -0.2) is 41.2 Å². The van der Waals surface area contributed by atoms with Gasteiger partial charge >= 0.3 is 0 Å². The van der Waals surface area contributed by atoms with E-state index in [1.165, 1.54) is 5.56 Å². The molecule has 0 atom stereocenters. The molecule has 17 heavy (non-hydrogen) atoms. The van der Waals surface area contributed by atoms with E-state index in [2.05, 4.69) is 20.9 Å². The first kappa shape index (κ1) is 10.6. The molecule has 0 aliphatic carbocycles. The first-order valence-corrected chi connectivity index (χ1v) is 5.86. The Bertz CT molecular complexity index is 516. The van der Waals surface area contributed by atoms with Crippen molar-refractivity contribution < 1.29 is 4.74 Å². The van der Waals surface area contributed by atoms with Gasteiger partial charge in [-0.1, -0.05) is 12.1 Å². The van der Waals surface area contributed by atoms with Gasteiger partial charge in [0, 0.05) is 19.6 Å². The van der Waals surface area contributed by atoms with E-state index < -0.39 is 0 Å². The molecule has 0 saturated carbocycles. The number of nitrogens with one attached hydrogen (secondary N) is 1. The van der Waals surface area contributed by atoms with Crippen LogP contribution in [0.3, 0.4) is 0 Å². The molecule has 1 aromatic heterocycles. The van der Waals surface area contributed by atoms with Gasteiger partial charge in [0.15, 0.2) is 5.95 Å². The quantitative estimate of drug-likeness (QED) is 0.810. The molecule has 1 saturated heterocycles. The van der Waals surface area contributed by atoms with E-state index in [9.17, 15) is 0 Å². The number of benzene rings is 1. The molecule has 0 bridgehead atoms. The number of hydrogen-bond donors (Lipinski definition) is 2. The van der Waals surface area contributed by atoms with Crippen LogP contribution in [-0.2, 0) is 11.3 Å². The van der Waals surface area contributed by atoms with Crippen LogP contribution in [0.25, 0.3) is 11.0 Å². The van der Waals surface area contributed by atoms with E-state index in [4.69, 9.17) is 10.5 Å². The molecule has 5 heteroatoms. The molecule has 90 valence electrons. The molecule has 1 aromatic carbocycles. The van der Waals surface area contributed by atoms with E-state index >= 15 is 0 Å². The number of nitrogens with zero attached hydrogens (tertiary/aromatic N) is 2. The van der Waals surface area contributed by atoms with Crippen molar-refractivity contribution in [3.05, 3.63) is 23.8 Å². The fourth-order valence-corrected chi connectivity index (χ4v) is 2.24. The molecule has 2 heterocycles. The lowest BCUT2D eigenvalue weighted by atomic mass is 10.1. The Kier molecular flexibility index (Phi) is 2.70. The number of morpholine rings is 1. The zero-order chi connectivity index (χ0) is 11.7. The second-order valence-electron chi connectivity index (χ2n) is 4.32. The van der Waals surface area contributed by atoms with Crippen LogP contribution < -0.4 is 5.73 Å². The minimum absolute atomic E-state index is 0.481. The number of ether oxygens (including phenoxy) is 1. The number of fused-ring (bicyclic) bond motifs is 1. The predicted octanol–water partition coefficient (Wildman–Crippen LogP) is 0.977. The summed E-state index contributed by atoms with van der Waals surface area (Å²) in [5.74, 6) is 0.481. The minimum Gasteiger partial charge on any atom is -0.379 e. The number of nitrogen functional groups attached to an aromatic ring is 1. The number of aromatic amines is 1. The highest BCUT2D eigenvalue weighted by Crippen LogP contribution is 2.19. The van der Waals surface area contributed by atoms with E-state index in [0.29, 0.717) is 5.95 Å².